The highest BCUT2D eigenvalue weighted by Gasteiger charge is 2.17. The quantitative estimate of drug-likeness (QED) is 0.367. The molecule has 1 aromatic carbocycles. The molecule has 0 aliphatic carbocycles. The second-order valence-corrected chi connectivity index (χ2v) is 4.41. The number of azo groups is 1. The molecular weight excluding hydrogens is 314 g/mol. The second-order valence-electron chi connectivity index (χ2n) is 4.05. The van der Waals surface area contributed by atoms with Crippen molar-refractivity contribution in [2.45, 2.75) is 6.04 Å². The number of benzene rings is 1. The average Bonchev–Trinajstić information content (AvgIpc) is 2.45. The smallest absolute Gasteiger partial charge is 0.339 e. The first kappa shape index (κ1) is 17.4. The monoisotopic (exact) mass is 327 g/mol. The largest absolute Gasteiger partial charge is 0.507 e. The van der Waals surface area contributed by atoms with Crippen molar-refractivity contribution in [2.24, 2.45) is 10.2 Å². The summed E-state index contributed by atoms with van der Waals surface area (Å²) in [5.41, 5.74) is -0.214. The Morgan fingerprint density at radius 1 is 1.27 bits per heavy atom. The Morgan fingerprint density at radius 2 is 1.95 bits per heavy atom. The van der Waals surface area contributed by atoms with Gasteiger partial charge in [-0.3, -0.25) is 4.79 Å². The zero-order valence-corrected chi connectivity index (χ0v) is 12.0. The number of thiol groups is 1. The van der Waals surface area contributed by atoms with Gasteiger partial charge in [-0.2, -0.15) is 22.9 Å². The van der Waals surface area contributed by atoms with Gasteiger partial charge in [0.05, 0.1) is 5.69 Å². The van der Waals surface area contributed by atoms with Crippen molar-refractivity contribution in [3.63, 3.8) is 0 Å². The van der Waals surface area contributed by atoms with Crippen LogP contribution in [0, 0.1) is 0 Å². The van der Waals surface area contributed by atoms with Crippen molar-refractivity contribution in [1.82, 2.24) is 5.32 Å². The van der Waals surface area contributed by atoms with Crippen LogP contribution in [-0.4, -0.2) is 51.5 Å². The molecule has 10 heteroatoms. The molecule has 0 aromatic heterocycles. The predicted molar refractivity (Wildman–Crippen MR) is 77.9 cm³/mol. The van der Waals surface area contributed by atoms with Crippen LogP contribution in [0.3, 0.4) is 0 Å². The number of carboxylic acid groups (broad SMARTS) is 2. The summed E-state index contributed by atoms with van der Waals surface area (Å²) in [5, 5.41) is 36.2. The van der Waals surface area contributed by atoms with Crippen LogP contribution < -0.4 is 5.32 Å². The van der Waals surface area contributed by atoms with Crippen molar-refractivity contribution in [3.05, 3.63) is 23.8 Å². The Morgan fingerprint density at radius 3 is 2.50 bits per heavy atom. The Kier molecular flexibility index (Phi) is 6.32. The van der Waals surface area contributed by atoms with E-state index in [9.17, 15) is 19.5 Å². The molecule has 0 aliphatic rings. The Balaban J connectivity index is 2.66. The van der Waals surface area contributed by atoms with E-state index in [1.54, 1.807) is 0 Å². The number of carboxylic acids is 2. The van der Waals surface area contributed by atoms with Crippen LogP contribution in [-0.2, 0) is 9.59 Å². The van der Waals surface area contributed by atoms with Crippen LogP contribution in [0.4, 0.5) is 5.69 Å². The Bertz CT molecular complexity index is 619. The van der Waals surface area contributed by atoms with Gasteiger partial charge in [-0.25, -0.2) is 9.59 Å². The molecule has 1 atom stereocenters. The first-order chi connectivity index (χ1) is 10.3. The van der Waals surface area contributed by atoms with Gasteiger partial charge in [0.15, 0.2) is 0 Å². The molecule has 1 aromatic rings. The number of hydrogen-bond donors (Lipinski definition) is 5. The predicted octanol–water partition coefficient (Wildman–Crippen LogP) is 0.673. The van der Waals surface area contributed by atoms with E-state index in [-0.39, 0.29) is 17.0 Å². The summed E-state index contributed by atoms with van der Waals surface area (Å²) in [4.78, 5) is 33.0. The molecule has 1 amide bonds. The average molecular weight is 327 g/mol. The van der Waals surface area contributed by atoms with E-state index in [1.807, 2.05) is 0 Å². The van der Waals surface area contributed by atoms with Gasteiger partial charge in [-0.1, -0.05) is 0 Å². The van der Waals surface area contributed by atoms with Crippen LogP contribution in [0.1, 0.15) is 10.4 Å². The minimum atomic E-state index is -1.33. The van der Waals surface area contributed by atoms with Gasteiger partial charge in [0.1, 0.15) is 23.9 Å². The summed E-state index contributed by atoms with van der Waals surface area (Å²) in [6, 6.07) is 2.42. The molecule has 0 saturated heterocycles. The highest BCUT2D eigenvalue weighted by molar-refractivity contribution is 7.80. The summed E-state index contributed by atoms with van der Waals surface area (Å²) in [6.45, 7) is -0.430. The molecule has 1 rings (SSSR count). The zero-order valence-electron chi connectivity index (χ0n) is 11.1. The van der Waals surface area contributed by atoms with E-state index < -0.39 is 36.2 Å². The number of aromatic hydroxyl groups is 1. The van der Waals surface area contributed by atoms with Gasteiger partial charge < -0.3 is 20.6 Å². The van der Waals surface area contributed by atoms with Crippen LogP contribution in [0.5, 0.6) is 5.75 Å². The lowest BCUT2D eigenvalue weighted by molar-refractivity contribution is -0.140. The third kappa shape index (κ3) is 5.05. The maximum atomic E-state index is 11.4. The lowest BCUT2D eigenvalue weighted by atomic mass is 10.2. The van der Waals surface area contributed by atoms with Crippen molar-refractivity contribution >= 4 is 36.2 Å². The van der Waals surface area contributed by atoms with E-state index in [4.69, 9.17) is 10.2 Å². The molecule has 0 radical (unpaired) electrons. The molecule has 0 spiro atoms. The minimum Gasteiger partial charge on any atom is -0.507 e. The molecule has 0 bridgehead atoms. The van der Waals surface area contributed by atoms with Crippen LogP contribution >= 0.6 is 12.6 Å². The summed E-state index contributed by atoms with van der Waals surface area (Å²) in [6.07, 6.45) is 0. The highest BCUT2D eigenvalue weighted by Crippen LogP contribution is 2.23. The van der Waals surface area contributed by atoms with Crippen molar-refractivity contribution in [3.8, 4) is 5.75 Å². The lowest BCUT2D eigenvalue weighted by Gasteiger charge is -2.09. The number of phenols is 1. The molecule has 0 heterocycles. The van der Waals surface area contributed by atoms with E-state index >= 15 is 0 Å². The summed E-state index contributed by atoms with van der Waals surface area (Å²) < 4.78 is 0. The van der Waals surface area contributed by atoms with E-state index in [0.29, 0.717) is 0 Å². The Labute approximate surface area is 130 Å². The fourth-order valence-electron chi connectivity index (χ4n) is 1.36. The second kappa shape index (κ2) is 7.98. The van der Waals surface area contributed by atoms with E-state index in [0.717, 1.165) is 12.1 Å². The third-order valence-electron chi connectivity index (χ3n) is 2.43. The maximum Gasteiger partial charge on any atom is 0.339 e. The molecule has 0 saturated carbocycles. The van der Waals surface area contributed by atoms with Gasteiger partial charge in [0, 0.05) is 5.75 Å². The zero-order chi connectivity index (χ0) is 16.7. The van der Waals surface area contributed by atoms with Gasteiger partial charge in [-0.15, -0.1) is 0 Å². The number of amides is 1. The molecule has 9 nitrogen and oxygen atoms in total. The number of nitrogens with one attached hydrogen (secondary N) is 1. The van der Waals surface area contributed by atoms with Gasteiger partial charge in [0.25, 0.3) is 0 Å². The molecule has 118 valence electrons. The van der Waals surface area contributed by atoms with Crippen LogP contribution in [0.2, 0.25) is 0 Å². The maximum absolute atomic E-state index is 11.4. The number of aromatic carboxylic acids is 1. The lowest BCUT2D eigenvalue weighted by Crippen LogP contribution is -2.43. The summed E-state index contributed by atoms with van der Waals surface area (Å²) >= 11 is 3.79. The standard InChI is InChI=1S/C12H13N3O6S/c16-9-2-1-6(3-7(9)11(18)19)15-13-4-10(17)14-8(5-22)12(20)21/h1-3,8,16,22H,4-5H2,(H,14,17)(H,18,19)(H,20,21). The number of hydrogen-bond acceptors (Lipinski definition) is 7. The van der Waals surface area contributed by atoms with Crippen molar-refractivity contribution in [1.29, 1.82) is 0 Å². The molecular formula is C12H13N3O6S. The fourth-order valence-corrected chi connectivity index (χ4v) is 1.61. The van der Waals surface area contributed by atoms with Gasteiger partial charge >= 0.3 is 11.9 Å². The topological polar surface area (TPSA) is 149 Å². The normalized spacial score (nSPS) is 12.0. The number of aliphatic carboxylic acids is 1. The number of carbonyl (C=O) groups excluding carboxylic acids is 1. The van der Waals surface area contributed by atoms with E-state index in [1.165, 1.54) is 6.07 Å². The first-order valence-corrected chi connectivity index (χ1v) is 6.55. The molecule has 22 heavy (non-hydrogen) atoms. The van der Waals surface area contributed by atoms with Gasteiger partial charge in [-0.05, 0) is 18.2 Å². The van der Waals surface area contributed by atoms with Crippen LogP contribution in [0.15, 0.2) is 28.4 Å². The molecule has 4 N–H and O–H groups in total. The van der Waals surface area contributed by atoms with E-state index in [2.05, 4.69) is 28.2 Å². The SMILES string of the molecule is O=C(CN=Nc1ccc(O)c(C(=O)O)c1)NC(CS)C(=O)O. The molecule has 1 unspecified atom stereocenters. The number of rotatable bonds is 7. The minimum absolute atomic E-state index is 0.0713. The highest BCUT2D eigenvalue weighted by atomic mass is 32.1. The molecule has 0 aliphatic heterocycles. The van der Waals surface area contributed by atoms with Crippen molar-refractivity contribution in [2.75, 3.05) is 12.3 Å². The third-order valence-corrected chi connectivity index (χ3v) is 2.79. The number of nitrogens with zero attached hydrogens (tertiary/aromatic N) is 2. The van der Waals surface area contributed by atoms with Crippen molar-refractivity contribution < 1.29 is 29.7 Å². The fraction of sp³-hybridized carbons (Fsp3) is 0.250. The first-order valence-electron chi connectivity index (χ1n) is 5.92. The molecule has 0 fully saturated rings. The van der Waals surface area contributed by atoms with Crippen LogP contribution in [0.25, 0.3) is 0 Å². The Hall–Kier alpha value is -2.62. The van der Waals surface area contributed by atoms with Gasteiger partial charge in [0.2, 0.25) is 5.91 Å². The summed E-state index contributed by atoms with van der Waals surface area (Å²) in [7, 11) is 0. The summed E-state index contributed by atoms with van der Waals surface area (Å²) in [5.74, 6) is -3.70. The number of carbonyl (C=O) groups is 3.